The molecule has 0 aromatic heterocycles. The van der Waals surface area contributed by atoms with E-state index in [0.29, 0.717) is 6.61 Å². The third kappa shape index (κ3) is 3.25. The van der Waals surface area contributed by atoms with Gasteiger partial charge in [0, 0.05) is 0 Å². The number of ether oxygens (including phenoxy) is 1. The highest BCUT2D eigenvalue weighted by molar-refractivity contribution is 7.78. The molecule has 0 aliphatic rings. The van der Waals surface area contributed by atoms with Crippen LogP contribution in [-0.2, 0) is 9.53 Å². The zero-order valence-corrected chi connectivity index (χ0v) is 7.70. The van der Waals surface area contributed by atoms with Gasteiger partial charge in [-0.1, -0.05) is 0 Å². The van der Waals surface area contributed by atoms with Crippen LogP contribution in [-0.4, -0.2) is 23.3 Å². The van der Waals surface area contributed by atoms with E-state index in [-0.39, 0.29) is 5.97 Å². The predicted molar refractivity (Wildman–Crippen MR) is 45.7 cm³/mol. The third-order valence-electron chi connectivity index (χ3n) is 1.10. The van der Waals surface area contributed by atoms with Gasteiger partial charge < -0.3 is 4.74 Å². The van der Waals surface area contributed by atoms with Crippen LogP contribution in [0.25, 0.3) is 0 Å². The average Bonchev–Trinajstić information content (AvgIpc) is 1.88. The van der Waals surface area contributed by atoms with E-state index in [9.17, 15) is 4.79 Å². The molecule has 0 aromatic rings. The van der Waals surface area contributed by atoms with Gasteiger partial charge in [-0.25, -0.2) is 9.79 Å². The van der Waals surface area contributed by atoms with Gasteiger partial charge in [0.1, 0.15) is 0 Å². The van der Waals surface area contributed by atoms with Crippen LogP contribution in [0.1, 0.15) is 20.8 Å². The lowest BCUT2D eigenvalue weighted by Crippen LogP contribution is -2.31. The van der Waals surface area contributed by atoms with E-state index < -0.39 is 5.54 Å². The monoisotopic (exact) mass is 173 g/mol. The normalized spacial score (nSPS) is 10.1. The van der Waals surface area contributed by atoms with E-state index in [0.717, 1.165) is 0 Å². The number of rotatable bonds is 3. The lowest BCUT2D eigenvalue weighted by atomic mass is 10.1. The van der Waals surface area contributed by atoms with E-state index in [1.165, 1.54) is 0 Å². The maximum absolute atomic E-state index is 11.1. The van der Waals surface area contributed by atoms with Gasteiger partial charge >= 0.3 is 5.97 Å². The summed E-state index contributed by atoms with van der Waals surface area (Å²) in [6.07, 6.45) is 0. The second-order valence-electron chi connectivity index (χ2n) is 2.48. The number of hydrogen-bond acceptors (Lipinski definition) is 4. The number of carbonyl (C=O) groups is 1. The van der Waals surface area contributed by atoms with Crippen molar-refractivity contribution in [1.29, 1.82) is 0 Å². The minimum Gasteiger partial charge on any atom is -0.464 e. The van der Waals surface area contributed by atoms with Crippen LogP contribution in [0.4, 0.5) is 0 Å². The number of aliphatic imine (C=N–C) groups is 1. The van der Waals surface area contributed by atoms with Crippen LogP contribution < -0.4 is 0 Å². The van der Waals surface area contributed by atoms with Crippen LogP contribution in [0, 0.1) is 0 Å². The molecule has 0 spiro atoms. The summed E-state index contributed by atoms with van der Waals surface area (Å²) >= 11 is 4.38. The summed E-state index contributed by atoms with van der Waals surface area (Å²) in [5.74, 6) is -0.377. The fourth-order valence-corrected chi connectivity index (χ4v) is 0.696. The Kier molecular flexibility index (Phi) is 3.93. The number of isothiocyanates is 1. The van der Waals surface area contributed by atoms with Crippen LogP contribution in [0.2, 0.25) is 0 Å². The van der Waals surface area contributed by atoms with Gasteiger partial charge in [0.15, 0.2) is 5.54 Å². The minimum atomic E-state index is -0.891. The summed E-state index contributed by atoms with van der Waals surface area (Å²) in [6, 6.07) is 0. The number of nitrogens with zero attached hydrogens (tertiary/aromatic N) is 1. The molecular formula is C7H11NO2S. The van der Waals surface area contributed by atoms with Crippen molar-refractivity contribution in [3.05, 3.63) is 0 Å². The molecule has 62 valence electrons. The molecule has 0 heterocycles. The zero-order chi connectivity index (χ0) is 8.91. The quantitative estimate of drug-likeness (QED) is 0.368. The first-order valence-electron chi connectivity index (χ1n) is 3.31. The lowest BCUT2D eigenvalue weighted by molar-refractivity contribution is -0.148. The van der Waals surface area contributed by atoms with Gasteiger partial charge in [0.05, 0.1) is 11.8 Å². The summed E-state index contributed by atoms with van der Waals surface area (Å²) in [5.41, 5.74) is -0.891. The molecule has 0 N–H and O–H groups in total. The molecule has 0 radical (unpaired) electrons. The Bertz CT molecular complexity index is 195. The number of hydrogen-bond donors (Lipinski definition) is 0. The maximum atomic E-state index is 11.1. The fourth-order valence-electron chi connectivity index (χ4n) is 0.467. The van der Waals surface area contributed by atoms with E-state index in [1.807, 2.05) is 0 Å². The van der Waals surface area contributed by atoms with E-state index in [1.54, 1.807) is 20.8 Å². The maximum Gasteiger partial charge on any atom is 0.334 e. The Labute approximate surface area is 71.5 Å². The third-order valence-corrected chi connectivity index (χ3v) is 1.19. The molecule has 0 unspecified atom stereocenters. The largest absolute Gasteiger partial charge is 0.464 e. The molecule has 0 fully saturated rings. The first-order chi connectivity index (χ1) is 5.04. The van der Waals surface area contributed by atoms with Crippen LogP contribution in [0.15, 0.2) is 4.99 Å². The molecule has 0 saturated heterocycles. The summed E-state index contributed by atoms with van der Waals surface area (Å²) in [6.45, 7) is 5.36. The van der Waals surface area contributed by atoms with Crippen molar-refractivity contribution in [3.8, 4) is 0 Å². The molecule has 11 heavy (non-hydrogen) atoms. The smallest absolute Gasteiger partial charge is 0.334 e. The molecule has 0 rings (SSSR count). The molecule has 0 amide bonds. The molecular weight excluding hydrogens is 162 g/mol. The van der Waals surface area contributed by atoms with E-state index >= 15 is 0 Å². The van der Waals surface area contributed by atoms with Crippen molar-refractivity contribution in [1.82, 2.24) is 0 Å². The van der Waals surface area contributed by atoms with Gasteiger partial charge in [0.25, 0.3) is 0 Å². The molecule has 0 aromatic carbocycles. The topological polar surface area (TPSA) is 38.7 Å². The first-order valence-corrected chi connectivity index (χ1v) is 3.71. The Morgan fingerprint density at radius 3 is 2.64 bits per heavy atom. The first kappa shape index (κ1) is 10.3. The lowest BCUT2D eigenvalue weighted by Gasteiger charge is -2.14. The Morgan fingerprint density at radius 1 is 1.73 bits per heavy atom. The summed E-state index contributed by atoms with van der Waals surface area (Å²) in [7, 11) is 0. The molecule has 3 nitrogen and oxygen atoms in total. The van der Waals surface area contributed by atoms with Crippen molar-refractivity contribution in [2.24, 2.45) is 4.99 Å². The highest BCUT2D eigenvalue weighted by Crippen LogP contribution is 2.09. The standard InChI is InChI=1S/C7H11NO2S/c1-4-10-6(9)7(2,3)8-5-11/h4H2,1-3H3. The number of esters is 1. The Morgan fingerprint density at radius 2 is 2.27 bits per heavy atom. The average molecular weight is 173 g/mol. The molecule has 0 bridgehead atoms. The van der Waals surface area contributed by atoms with Crippen LogP contribution >= 0.6 is 12.2 Å². The molecule has 0 atom stereocenters. The van der Waals surface area contributed by atoms with Gasteiger partial charge in [-0.2, -0.15) is 0 Å². The molecule has 0 aliphatic heterocycles. The van der Waals surface area contributed by atoms with Gasteiger partial charge in [-0.3, -0.25) is 0 Å². The van der Waals surface area contributed by atoms with Crippen LogP contribution in [0.5, 0.6) is 0 Å². The van der Waals surface area contributed by atoms with Gasteiger partial charge in [-0.15, -0.1) is 0 Å². The Balaban J connectivity index is 4.29. The van der Waals surface area contributed by atoms with Crippen molar-refractivity contribution < 1.29 is 9.53 Å². The second-order valence-corrected chi connectivity index (χ2v) is 2.67. The summed E-state index contributed by atoms with van der Waals surface area (Å²) < 4.78 is 4.74. The van der Waals surface area contributed by atoms with E-state index in [2.05, 4.69) is 22.4 Å². The minimum absolute atomic E-state index is 0.356. The predicted octanol–water partition coefficient (Wildman–Crippen LogP) is 1.43. The van der Waals surface area contributed by atoms with Crippen LogP contribution in [0.3, 0.4) is 0 Å². The van der Waals surface area contributed by atoms with Crippen molar-refractivity contribution in [2.45, 2.75) is 26.3 Å². The van der Waals surface area contributed by atoms with Crippen molar-refractivity contribution in [3.63, 3.8) is 0 Å². The SMILES string of the molecule is CCOC(=O)C(C)(C)N=C=S. The summed E-state index contributed by atoms with van der Waals surface area (Å²) in [4.78, 5) is 14.7. The van der Waals surface area contributed by atoms with Crippen molar-refractivity contribution in [2.75, 3.05) is 6.61 Å². The molecule has 4 heteroatoms. The highest BCUT2D eigenvalue weighted by Gasteiger charge is 2.27. The Hall–Kier alpha value is -0.730. The van der Waals surface area contributed by atoms with Gasteiger partial charge in [-0.05, 0) is 33.0 Å². The second kappa shape index (κ2) is 4.21. The molecule has 0 saturated carbocycles. The van der Waals surface area contributed by atoms with Gasteiger partial charge in [0.2, 0.25) is 0 Å². The van der Waals surface area contributed by atoms with E-state index in [4.69, 9.17) is 4.74 Å². The summed E-state index contributed by atoms with van der Waals surface area (Å²) in [5, 5.41) is 2.15. The fraction of sp³-hybridized carbons (Fsp3) is 0.714. The zero-order valence-electron chi connectivity index (χ0n) is 6.88. The highest BCUT2D eigenvalue weighted by atomic mass is 32.1. The number of carbonyl (C=O) groups excluding carboxylic acids is 1. The van der Waals surface area contributed by atoms with Crippen molar-refractivity contribution >= 4 is 23.3 Å². The molecule has 0 aliphatic carbocycles. The number of thiocarbonyl (C=S) groups is 1.